The van der Waals surface area contributed by atoms with Crippen LogP contribution in [0, 0.1) is 6.92 Å². The van der Waals surface area contributed by atoms with Gasteiger partial charge in [-0.3, -0.25) is 9.59 Å². The summed E-state index contributed by atoms with van der Waals surface area (Å²) in [7, 11) is 0. The van der Waals surface area contributed by atoms with Gasteiger partial charge in [-0.15, -0.1) is 0 Å². The molecule has 1 aliphatic rings. The summed E-state index contributed by atoms with van der Waals surface area (Å²) in [5.41, 5.74) is 4.66. The van der Waals surface area contributed by atoms with Crippen molar-refractivity contribution in [3.8, 4) is 0 Å². The molecule has 0 radical (unpaired) electrons. The van der Waals surface area contributed by atoms with Crippen LogP contribution in [0.5, 0.6) is 0 Å². The Balaban J connectivity index is 1.54. The SMILES string of the molecule is Cc1ccc(C(=O)Nc2cccc([C@@H]3NC(=O)c4ccccc4N3)c2)cc1. The third kappa shape index (κ3) is 3.53. The van der Waals surface area contributed by atoms with Gasteiger partial charge >= 0.3 is 0 Å². The van der Waals surface area contributed by atoms with Crippen LogP contribution in [0.4, 0.5) is 11.4 Å². The highest BCUT2D eigenvalue weighted by atomic mass is 16.2. The van der Waals surface area contributed by atoms with Gasteiger partial charge in [-0.25, -0.2) is 0 Å². The van der Waals surface area contributed by atoms with Crippen molar-refractivity contribution in [2.75, 3.05) is 10.6 Å². The molecule has 0 fully saturated rings. The van der Waals surface area contributed by atoms with Gasteiger partial charge in [0.1, 0.15) is 6.17 Å². The number of aryl methyl sites for hydroxylation is 1. The maximum atomic E-state index is 12.4. The molecular formula is C22H19N3O2. The average Bonchev–Trinajstić information content (AvgIpc) is 2.68. The molecule has 0 unspecified atom stereocenters. The summed E-state index contributed by atoms with van der Waals surface area (Å²) >= 11 is 0. The number of amides is 2. The highest BCUT2D eigenvalue weighted by molar-refractivity contribution is 6.04. The second-order valence-electron chi connectivity index (χ2n) is 6.54. The fraction of sp³-hybridized carbons (Fsp3) is 0.0909. The second-order valence-corrected chi connectivity index (χ2v) is 6.54. The van der Waals surface area contributed by atoms with Gasteiger partial charge in [0.2, 0.25) is 0 Å². The summed E-state index contributed by atoms with van der Waals surface area (Å²) in [4.78, 5) is 24.8. The van der Waals surface area contributed by atoms with Crippen molar-refractivity contribution < 1.29 is 9.59 Å². The first-order valence-electron chi connectivity index (χ1n) is 8.74. The molecule has 0 saturated heterocycles. The molecule has 5 nitrogen and oxygen atoms in total. The van der Waals surface area contributed by atoms with Gasteiger partial charge in [-0.05, 0) is 48.9 Å². The maximum absolute atomic E-state index is 12.4. The molecule has 0 spiro atoms. The van der Waals surface area contributed by atoms with E-state index in [-0.39, 0.29) is 18.0 Å². The Bertz CT molecular complexity index is 1010. The van der Waals surface area contributed by atoms with Crippen LogP contribution in [0.2, 0.25) is 0 Å². The molecule has 0 aromatic heterocycles. The lowest BCUT2D eigenvalue weighted by Crippen LogP contribution is -2.38. The largest absolute Gasteiger partial charge is 0.361 e. The molecule has 1 atom stereocenters. The molecule has 4 rings (SSSR count). The standard InChI is InChI=1S/C22H19N3O2/c1-14-9-11-15(12-10-14)21(26)23-17-6-4-5-16(13-17)20-24-19-8-3-2-7-18(19)22(27)25-20/h2-13,20,24H,1H3,(H,23,26)(H,25,27)/t20-/m0/s1. The number of hydrogen-bond donors (Lipinski definition) is 3. The minimum absolute atomic E-state index is 0.122. The van der Waals surface area contributed by atoms with E-state index in [1.165, 1.54) is 0 Å². The van der Waals surface area contributed by atoms with Gasteiger partial charge in [0.15, 0.2) is 0 Å². The smallest absolute Gasteiger partial charge is 0.255 e. The summed E-state index contributed by atoms with van der Waals surface area (Å²) in [6, 6.07) is 22.3. The molecule has 1 heterocycles. The quantitative estimate of drug-likeness (QED) is 0.661. The topological polar surface area (TPSA) is 70.2 Å². The third-order valence-corrected chi connectivity index (χ3v) is 4.54. The Morgan fingerprint density at radius 3 is 2.52 bits per heavy atom. The minimum atomic E-state index is -0.358. The van der Waals surface area contributed by atoms with E-state index in [1.54, 1.807) is 18.2 Å². The number of carbonyl (C=O) groups excluding carboxylic acids is 2. The highest BCUT2D eigenvalue weighted by Crippen LogP contribution is 2.27. The van der Waals surface area contributed by atoms with E-state index in [2.05, 4.69) is 16.0 Å². The molecule has 2 amide bonds. The lowest BCUT2D eigenvalue weighted by atomic mass is 10.1. The van der Waals surface area contributed by atoms with E-state index in [9.17, 15) is 9.59 Å². The Morgan fingerprint density at radius 1 is 0.926 bits per heavy atom. The zero-order valence-corrected chi connectivity index (χ0v) is 14.8. The number of fused-ring (bicyclic) bond motifs is 1. The number of benzene rings is 3. The van der Waals surface area contributed by atoms with Gasteiger partial charge in [0.25, 0.3) is 11.8 Å². The molecule has 27 heavy (non-hydrogen) atoms. The van der Waals surface area contributed by atoms with Crippen molar-refractivity contribution in [1.29, 1.82) is 0 Å². The molecule has 1 aliphatic heterocycles. The normalized spacial score (nSPS) is 15.3. The van der Waals surface area contributed by atoms with Crippen LogP contribution in [-0.4, -0.2) is 11.8 Å². The summed E-state index contributed by atoms with van der Waals surface area (Å²) in [5, 5.41) is 9.17. The van der Waals surface area contributed by atoms with Crippen LogP contribution in [-0.2, 0) is 0 Å². The molecule has 3 aromatic rings. The van der Waals surface area contributed by atoms with Gasteiger partial charge < -0.3 is 16.0 Å². The van der Waals surface area contributed by atoms with E-state index in [1.807, 2.05) is 61.5 Å². The highest BCUT2D eigenvalue weighted by Gasteiger charge is 2.24. The van der Waals surface area contributed by atoms with Crippen molar-refractivity contribution in [1.82, 2.24) is 5.32 Å². The van der Waals surface area contributed by atoms with Crippen molar-refractivity contribution in [2.24, 2.45) is 0 Å². The third-order valence-electron chi connectivity index (χ3n) is 4.54. The van der Waals surface area contributed by atoms with Crippen molar-refractivity contribution in [3.05, 3.63) is 95.1 Å². The van der Waals surface area contributed by atoms with Crippen LogP contribution in [0.1, 0.15) is 38.0 Å². The molecular weight excluding hydrogens is 338 g/mol. The Labute approximate surface area is 157 Å². The van der Waals surface area contributed by atoms with Gasteiger partial charge in [-0.1, -0.05) is 42.0 Å². The number of hydrogen-bond acceptors (Lipinski definition) is 3. The predicted octanol–water partition coefficient (Wildman–Crippen LogP) is 4.10. The maximum Gasteiger partial charge on any atom is 0.255 e. The summed E-state index contributed by atoms with van der Waals surface area (Å²) < 4.78 is 0. The molecule has 3 aromatic carbocycles. The Hall–Kier alpha value is -3.60. The zero-order valence-electron chi connectivity index (χ0n) is 14.8. The number of nitrogens with one attached hydrogen (secondary N) is 3. The van der Waals surface area contributed by atoms with Gasteiger partial charge in [-0.2, -0.15) is 0 Å². The van der Waals surface area contributed by atoms with Gasteiger partial charge in [0, 0.05) is 16.9 Å². The van der Waals surface area contributed by atoms with E-state index < -0.39 is 0 Å². The number of rotatable bonds is 3. The molecule has 0 saturated carbocycles. The van der Waals surface area contributed by atoms with E-state index in [4.69, 9.17) is 0 Å². The van der Waals surface area contributed by atoms with E-state index in [0.717, 1.165) is 16.8 Å². The monoisotopic (exact) mass is 357 g/mol. The van der Waals surface area contributed by atoms with E-state index in [0.29, 0.717) is 16.8 Å². The van der Waals surface area contributed by atoms with Crippen LogP contribution in [0.3, 0.4) is 0 Å². The summed E-state index contributed by atoms with van der Waals surface area (Å²) in [5.74, 6) is -0.290. The first-order valence-corrected chi connectivity index (χ1v) is 8.74. The van der Waals surface area contributed by atoms with Crippen molar-refractivity contribution >= 4 is 23.2 Å². The molecule has 0 aliphatic carbocycles. The summed E-state index contributed by atoms with van der Waals surface area (Å²) in [6.45, 7) is 1.98. The molecule has 3 N–H and O–H groups in total. The number of para-hydroxylation sites is 1. The molecule has 5 heteroatoms. The van der Waals surface area contributed by atoms with Crippen LogP contribution >= 0.6 is 0 Å². The van der Waals surface area contributed by atoms with Crippen molar-refractivity contribution in [3.63, 3.8) is 0 Å². The fourth-order valence-electron chi connectivity index (χ4n) is 3.08. The predicted molar refractivity (Wildman–Crippen MR) is 106 cm³/mol. The second kappa shape index (κ2) is 6.96. The number of carbonyl (C=O) groups is 2. The Morgan fingerprint density at radius 2 is 1.70 bits per heavy atom. The zero-order chi connectivity index (χ0) is 18.8. The van der Waals surface area contributed by atoms with Crippen LogP contribution < -0.4 is 16.0 Å². The first kappa shape index (κ1) is 16.8. The minimum Gasteiger partial charge on any atom is -0.361 e. The average molecular weight is 357 g/mol. The number of anilines is 2. The summed E-state index contributed by atoms with van der Waals surface area (Å²) in [6.07, 6.45) is -0.358. The Kier molecular flexibility index (Phi) is 4.34. The lowest BCUT2D eigenvalue weighted by Gasteiger charge is -2.28. The van der Waals surface area contributed by atoms with Crippen LogP contribution in [0.15, 0.2) is 72.8 Å². The van der Waals surface area contributed by atoms with E-state index >= 15 is 0 Å². The van der Waals surface area contributed by atoms with Crippen molar-refractivity contribution in [2.45, 2.75) is 13.1 Å². The molecule has 134 valence electrons. The molecule has 0 bridgehead atoms. The fourth-order valence-corrected chi connectivity index (χ4v) is 3.08. The lowest BCUT2D eigenvalue weighted by molar-refractivity contribution is 0.0934. The van der Waals surface area contributed by atoms with Gasteiger partial charge in [0.05, 0.1) is 5.56 Å². The first-order chi connectivity index (χ1) is 13.1. The van der Waals surface area contributed by atoms with Crippen LogP contribution in [0.25, 0.3) is 0 Å².